The van der Waals surface area contributed by atoms with Crippen LogP contribution >= 0.6 is 0 Å². The van der Waals surface area contributed by atoms with Crippen molar-refractivity contribution < 1.29 is 23.8 Å². The van der Waals surface area contributed by atoms with Gasteiger partial charge in [0.1, 0.15) is 0 Å². The van der Waals surface area contributed by atoms with Crippen molar-refractivity contribution in [1.82, 2.24) is 0 Å². The largest absolute Gasteiger partial charge is 0.465 e. The van der Waals surface area contributed by atoms with Gasteiger partial charge in [-0.1, -0.05) is 18.1 Å². The van der Waals surface area contributed by atoms with Crippen LogP contribution in [0.3, 0.4) is 0 Å². The van der Waals surface area contributed by atoms with Gasteiger partial charge in [0.15, 0.2) is 5.41 Å². The van der Waals surface area contributed by atoms with Gasteiger partial charge >= 0.3 is 11.9 Å². The number of hydrogen-bond donors (Lipinski definition) is 0. The Morgan fingerprint density at radius 3 is 2.14 bits per heavy atom. The summed E-state index contributed by atoms with van der Waals surface area (Å²) < 4.78 is 15.7. The smallest absolute Gasteiger partial charge is 0.327 e. The number of rotatable bonds is 7. The molecule has 1 unspecified atom stereocenters. The van der Waals surface area contributed by atoms with Crippen LogP contribution in [0.15, 0.2) is 11.6 Å². The molecular formula is C17H26O5. The van der Waals surface area contributed by atoms with Crippen LogP contribution in [0, 0.1) is 5.41 Å². The van der Waals surface area contributed by atoms with Crippen molar-refractivity contribution in [2.75, 3.05) is 19.8 Å². The number of carbonyl (C=O) groups is 2. The predicted molar refractivity (Wildman–Crippen MR) is 81.2 cm³/mol. The first kappa shape index (κ1) is 17.0. The molecule has 2 fully saturated rings. The van der Waals surface area contributed by atoms with Crippen molar-refractivity contribution in [2.45, 2.75) is 58.5 Å². The minimum Gasteiger partial charge on any atom is -0.465 e. The summed E-state index contributed by atoms with van der Waals surface area (Å²) in [6.07, 6.45) is 7.36. The molecular weight excluding hydrogens is 284 g/mol. The second-order valence-electron chi connectivity index (χ2n) is 5.94. The molecule has 0 radical (unpaired) electrons. The first-order valence-electron chi connectivity index (χ1n) is 8.29. The number of carbonyl (C=O) groups excluding carboxylic acids is 2. The lowest BCUT2D eigenvalue weighted by Gasteiger charge is -2.28. The Balaban J connectivity index is 2.32. The molecule has 2 aliphatic rings. The molecule has 1 heterocycles. The van der Waals surface area contributed by atoms with Crippen LogP contribution in [0.1, 0.15) is 52.4 Å². The van der Waals surface area contributed by atoms with Gasteiger partial charge in [-0.2, -0.15) is 0 Å². The fraction of sp³-hybridized carbons (Fsp3) is 0.765. The van der Waals surface area contributed by atoms with E-state index in [1.54, 1.807) is 13.8 Å². The molecule has 124 valence electrons. The summed E-state index contributed by atoms with van der Waals surface area (Å²) in [7, 11) is 0. The van der Waals surface area contributed by atoms with Gasteiger partial charge < -0.3 is 14.2 Å². The molecule has 0 aromatic rings. The Hall–Kier alpha value is -1.36. The third kappa shape index (κ3) is 4.09. The van der Waals surface area contributed by atoms with E-state index in [-0.39, 0.29) is 19.3 Å². The third-order valence-corrected chi connectivity index (χ3v) is 4.18. The summed E-state index contributed by atoms with van der Waals surface area (Å²) in [6.45, 7) is 4.57. The molecule has 22 heavy (non-hydrogen) atoms. The normalized spacial score (nSPS) is 21.2. The van der Waals surface area contributed by atoms with Crippen LogP contribution in [0.5, 0.6) is 0 Å². The molecule has 2 rings (SSSR count). The Morgan fingerprint density at radius 2 is 1.68 bits per heavy atom. The standard InChI is InChI=1S/C17H26O5/c1-3-20-15(18)17(11-14-12-22-14,16(19)21-4-2)10-13-8-6-5-7-9-13/h10,14H,3-9,11-12H2,1-2H3. The second-order valence-corrected chi connectivity index (χ2v) is 5.94. The van der Waals surface area contributed by atoms with Crippen molar-refractivity contribution >= 4 is 11.9 Å². The van der Waals surface area contributed by atoms with E-state index in [1.165, 1.54) is 6.42 Å². The number of esters is 2. The van der Waals surface area contributed by atoms with Gasteiger partial charge in [-0.25, -0.2) is 0 Å². The maximum atomic E-state index is 12.6. The third-order valence-electron chi connectivity index (χ3n) is 4.18. The highest BCUT2D eigenvalue weighted by molar-refractivity contribution is 6.02. The Labute approximate surface area is 132 Å². The van der Waals surface area contributed by atoms with Crippen molar-refractivity contribution in [2.24, 2.45) is 5.41 Å². The predicted octanol–water partition coefficient (Wildman–Crippen LogP) is 2.78. The molecule has 0 amide bonds. The van der Waals surface area contributed by atoms with E-state index in [1.807, 2.05) is 6.08 Å². The quantitative estimate of drug-likeness (QED) is 0.313. The van der Waals surface area contributed by atoms with Gasteiger partial charge in [0.05, 0.1) is 25.9 Å². The van der Waals surface area contributed by atoms with Crippen molar-refractivity contribution in [3.8, 4) is 0 Å². The molecule has 0 aromatic carbocycles. The SMILES string of the molecule is CCOC(=O)C(C=C1CCCCC1)(CC1CO1)C(=O)OCC. The number of allylic oxidation sites excluding steroid dienone is 1. The molecule has 0 bridgehead atoms. The summed E-state index contributed by atoms with van der Waals surface area (Å²) in [6, 6.07) is 0. The topological polar surface area (TPSA) is 65.1 Å². The minimum atomic E-state index is -1.35. The Bertz CT molecular complexity index is 410. The summed E-state index contributed by atoms with van der Waals surface area (Å²) in [4.78, 5) is 25.2. The van der Waals surface area contributed by atoms with Crippen molar-refractivity contribution in [3.63, 3.8) is 0 Å². The second kappa shape index (κ2) is 7.77. The zero-order valence-electron chi connectivity index (χ0n) is 13.6. The van der Waals surface area contributed by atoms with E-state index in [0.717, 1.165) is 31.3 Å². The van der Waals surface area contributed by atoms with E-state index in [2.05, 4.69) is 0 Å². The zero-order valence-corrected chi connectivity index (χ0v) is 13.6. The van der Waals surface area contributed by atoms with Gasteiger partial charge in [0, 0.05) is 6.42 Å². The van der Waals surface area contributed by atoms with Crippen LogP contribution in [0.4, 0.5) is 0 Å². The molecule has 1 aliphatic heterocycles. The average molecular weight is 310 g/mol. The van der Waals surface area contributed by atoms with Gasteiger partial charge in [0.25, 0.3) is 0 Å². The average Bonchev–Trinajstić information content (AvgIpc) is 3.32. The van der Waals surface area contributed by atoms with E-state index < -0.39 is 17.4 Å². The van der Waals surface area contributed by atoms with Crippen LogP contribution in [0.2, 0.25) is 0 Å². The molecule has 5 heteroatoms. The summed E-state index contributed by atoms with van der Waals surface area (Å²) in [5, 5.41) is 0. The zero-order chi connectivity index (χ0) is 16.0. The molecule has 5 nitrogen and oxygen atoms in total. The highest BCUT2D eigenvalue weighted by atomic mass is 16.6. The number of hydrogen-bond acceptors (Lipinski definition) is 5. The van der Waals surface area contributed by atoms with Gasteiger partial charge in [-0.3, -0.25) is 9.59 Å². The molecule has 0 N–H and O–H groups in total. The summed E-state index contributed by atoms with van der Waals surface area (Å²) >= 11 is 0. The monoisotopic (exact) mass is 310 g/mol. The maximum Gasteiger partial charge on any atom is 0.327 e. The van der Waals surface area contributed by atoms with E-state index >= 15 is 0 Å². The van der Waals surface area contributed by atoms with E-state index in [9.17, 15) is 9.59 Å². The molecule has 0 spiro atoms. The molecule has 1 atom stereocenters. The van der Waals surface area contributed by atoms with E-state index in [0.29, 0.717) is 13.0 Å². The van der Waals surface area contributed by atoms with Crippen LogP contribution in [-0.4, -0.2) is 37.9 Å². The lowest BCUT2D eigenvalue weighted by atomic mass is 9.79. The van der Waals surface area contributed by atoms with Gasteiger partial charge in [0.2, 0.25) is 0 Å². The highest BCUT2D eigenvalue weighted by Gasteiger charge is 2.51. The van der Waals surface area contributed by atoms with Crippen LogP contribution in [0.25, 0.3) is 0 Å². The lowest BCUT2D eigenvalue weighted by Crippen LogP contribution is -2.42. The van der Waals surface area contributed by atoms with Crippen molar-refractivity contribution in [1.29, 1.82) is 0 Å². The fourth-order valence-electron chi connectivity index (χ4n) is 2.99. The number of ether oxygens (including phenoxy) is 3. The summed E-state index contributed by atoms with van der Waals surface area (Å²) in [5.74, 6) is -1.02. The lowest BCUT2D eigenvalue weighted by molar-refractivity contribution is -0.168. The van der Waals surface area contributed by atoms with Crippen LogP contribution < -0.4 is 0 Å². The molecule has 1 saturated heterocycles. The van der Waals surface area contributed by atoms with Gasteiger partial charge in [-0.05, 0) is 39.5 Å². The van der Waals surface area contributed by atoms with Crippen molar-refractivity contribution in [3.05, 3.63) is 11.6 Å². The highest BCUT2D eigenvalue weighted by Crippen LogP contribution is 2.38. The first-order valence-corrected chi connectivity index (χ1v) is 8.29. The Morgan fingerprint density at radius 1 is 1.14 bits per heavy atom. The minimum absolute atomic E-state index is 0.0609. The van der Waals surface area contributed by atoms with Gasteiger partial charge in [-0.15, -0.1) is 0 Å². The summed E-state index contributed by atoms with van der Waals surface area (Å²) in [5.41, 5.74) is -0.187. The van der Waals surface area contributed by atoms with E-state index in [4.69, 9.17) is 14.2 Å². The fourth-order valence-corrected chi connectivity index (χ4v) is 2.99. The molecule has 0 aromatic heterocycles. The first-order chi connectivity index (χ1) is 10.6. The Kier molecular flexibility index (Phi) is 6.00. The van der Waals surface area contributed by atoms with Crippen LogP contribution in [-0.2, 0) is 23.8 Å². The molecule has 1 aliphatic carbocycles. The molecule has 1 saturated carbocycles. The maximum absolute atomic E-state index is 12.6. The number of epoxide rings is 1.